The Morgan fingerprint density at radius 2 is 1.57 bits per heavy atom. The maximum absolute atomic E-state index is 12.7. The molecule has 9 heteroatoms. The summed E-state index contributed by atoms with van der Waals surface area (Å²) in [5.41, 5.74) is 1.08. The van der Waals surface area contributed by atoms with Gasteiger partial charge in [0.25, 0.3) is 0 Å². The van der Waals surface area contributed by atoms with Crippen LogP contribution in [0, 0.1) is 0 Å². The zero-order valence-corrected chi connectivity index (χ0v) is 27.7. The Balaban J connectivity index is 1.64. The number of ketones is 1. The molecule has 40 heavy (non-hydrogen) atoms. The second-order valence-electron chi connectivity index (χ2n) is 11.3. The fourth-order valence-electron chi connectivity index (χ4n) is 5.58. The summed E-state index contributed by atoms with van der Waals surface area (Å²) in [7, 11) is 1.76. The summed E-state index contributed by atoms with van der Waals surface area (Å²) >= 11 is -2.76. The maximum atomic E-state index is 12.7. The van der Waals surface area contributed by atoms with Crippen molar-refractivity contribution in [3.05, 3.63) is 48.5 Å². The zero-order chi connectivity index (χ0) is 29.1. The number of hydrogen-bond acceptors (Lipinski definition) is 4. The Kier molecular flexibility index (Phi) is 12.4. The van der Waals surface area contributed by atoms with Crippen LogP contribution in [0.4, 0.5) is 0 Å². The van der Waals surface area contributed by atoms with Crippen molar-refractivity contribution in [2.45, 2.75) is 98.7 Å². The van der Waals surface area contributed by atoms with Gasteiger partial charge in [-0.3, -0.25) is 9.59 Å². The van der Waals surface area contributed by atoms with Gasteiger partial charge in [-0.05, 0) is 0 Å². The van der Waals surface area contributed by atoms with E-state index < -0.39 is 18.4 Å². The number of rotatable bonds is 17. The number of hydrogen-bond donors (Lipinski definition) is 0. The van der Waals surface area contributed by atoms with Gasteiger partial charge >= 0.3 is 210 Å². The molecule has 1 aromatic heterocycles. The van der Waals surface area contributed by atoms with Gasteiger partial charge in [-0.25, -0.2) is 0 Å². The molecule has 1 aliphatic rings. The Bertz CT molecular complexity index is 1140. The summed E-state index contributed by atoms with van der Waals surface area (Å²) in [6, 6.07) is 9.03. The molecule has 218 valence electrons. The van der Waals surface area contributed by atoms with Crippen molar-refractivity contribution in [2.24, 2.45) is 0 Å². The van der Waals surface area contributed by atoms with E-state index >= 15 is 0 Å². The number of imidazole rings is 1. The van der Waals surface area contributed by atoms with Crippen molar-refractivity contribution >= 4 is 45.5 Å². The number of imide groups is 1. The van der Waals surface area contributed by atoms with E-state index in [2.05, 4.69) is 72.9 Å². The molecule has 1 fully saturated rings. The number of carbonyl (C=O) groups is 4. The van der Waals surface area contributed by atoms with Crippen molar-refractivity contribution in [1.29, 1.82) is 0 Å². The number of unbranched alkanes of at least 4 members (excludes halogenated alkanes) is 2. The van der Waals surface area contributed by atoms with Crippen LogP contribution < -0.4 is 8.15 Å². The molecule has 0 unspecified atom stereocenters. The van der Waals surface area contributed by atoms with E-state index in [1.807, 2.05) is 0 Å². The summed E-state index contributed by atoms with van der Waals surface area (Å²) < 4.78 is 10.1. The Labute approximate surface area is 243 Å². The van der Waals surface area contributed by atoms with Crippen LogP contribution in [-0.2, 0) is 36.8 Å². The quantitative estimate of drug-likeness (QED) is 0.147. The molecule has 0 saturated carbocycles. The number of aromatic nitrogens is 2. The van der Waals surface area contributed by atoms with Crippen LogP contribution in [0.5, 0.6) is 0 Å². The van der Waals surface area contributed by atoms with E-state index in [4.69, 9.17) is 0 Å². The number of Topliss-reactive ketones (excluding diaryl/α,β-unsaturated/α-hetero) is 1. The van der Waals surface area contributed by atoms with Gasteiger partial charge in [0.2, 0.25) is 11.8 Å². The molecular weight excluding hydrogens is 611 g/mol. The molecule has 3 rings (SSSR count). The number of aryl methyl sites for hydroxylation is 1. The Hall–Kier alpha value is -2.49. The normalized spacial score (nSPS) is 13.8. The van der Waals surface area contributed by atoms with Crippen LogP contribution in [0.2, 0.25) is 8.87 Å². The molecule has 3 amide bonds. The van der Waals surface area contributed by atoms with Crippen molar-refractivity contribution in [3.8, 4) is 0 Å². The van der Waals surface area contributed by atoms with E-state index in [9.17, 15) is 19.2 Å². The third-order valence-electron chi connectivity index (χ3n) is 8.13. The molecule has 0 aliphatic carbocycles. The molecule has 2 aromatic rings. The number of amides is 3. The molecule has 0 N–H and O–H groups in total. The predicted molar refractivity (Wildman–Crippen MR) is 158 cm³/mol. The first-order chi connectivity index (χ1) is 19.2. The molecule has 0 spiro atoms. The van der Waals surface area contributed by atoms with Crippen LogP contribution >= 0.6 is 0 Å². The molecular formula is C31H47N4O4Sn+. The monoisotopic (exact) mass is 659 g/mol. The molecule has 0 atom stereocenters. The summed E-state index contributed by atoms with van der Waals surface area (Å²) in [5.74, 6) is -0.986. The van der Waals surface area contributed by atoms with Gasteiger partial charge in [0.1, 0.15) is 0 Å². The van der Waals surface area contributed by atoms with Crippen molar-refractivity contribution in [2.75, 3.05) is 13.6 Å². The van der Waals surface area contributed by atoms with Gasteiger partial charge in [0.15, 0.2) is 0 Å². The van der Waals surface area contributed by atoms with E-state index in [-0.39, 0.29) is 55.7 Å². The van der Waals surface area contributed by atoms with E-state index in [1.165, 1.54) is 34.6 Å². The van der Waals surface area contributed by atoms with Crippen LogP contribution in [0.3, 0.4) is 0 Å². The van der Waals surface area contributed by atoms with E-state index in [0.29, 0.717) is 6.54 Å². The molecule has 1 aromatic carbocycles. The second-order valence-corrected chi connectivity index (χ2v) is 24.0. The number of carbonyl (C=O) groups excluding carboxylic acids is 4. The minimum absolute atomic E-state index is 0.0302. The van der Waals surface area contributed by atoms with Gasteiger partial charge < -0.3 is 0 Å². The zero-order valence-electron chi connectivity index (χ0n) is 24.9. The van der Waals surface area contributed by atoms with Crippen molar-refractivity contribution in [1.82, 2.24) is 14.4 Å². The SMILES string of the molecule is CCC[CH2][Sn]([CH2]CCC)([CH2][n+]1ccn(CC)c1)[c]1ccc(CN(C)C(=O)CCC(=O)CN2C(=O)CCC2=O)cc1. The first-order valence-electron chi connectivity index (χ1n) is 14.9. The molecule has 0 bridgehead atoms. The number of benzene rings is 1. The first kappa shape index (κ1) is 32.0. The standard InChI is InChI=1S/C17H19N2O4.C6H10N2.2C4H9.Sn/c1-18(11-13-5-3-2-4-6-13)15(21)8-7-14(20)12-19-16(22)9-10-17(19)23;1-3-8-5-4-7(2)6-8;2*1-3-4-2;/h3-6H,7-12H2,1H3;4-6H,2-3H2,1H3;2*1,3-4H2,2H3;/q;+1;;;. The number of likely N-dealkylation sites (tertiary alicyclic amines) is 1. The number of nitrogens with zero attached hydrogens (tertiary/aromatic N) is 4. The van der Waals surface area contributed by atoms with Crippen LogP contribution in [0.1, 0.15) is 77.7 Å². The van der Waals surface area contributed by atoms with Gasteiger partial charge in [-0.15, -0.1) is 0 Å². The third kappa shape index (κ3) is 8.75. The van der Waals surface area contributed by atoms with Crippen LogP contribution in [-0.4, -0.2) is 69.8 Å². The topological polar surface area (TPSA) is 83.6 Å². The first-order valence-corrected chi connectivity index (χ1v) is 22.4. The minimum atomic E-state index is -2.76. The van der Waals surface area contributed by atoms with E-state index in [0.717, 1.165) is 21.6 Å². The summed E-state index contributed by atoms with van der Waals surface area (Å²) in [5, 5.41) is 0. The molecule has 2 heterocycles. The van der Waals surface area contributed by atoms with Crippen LogP contribution in [0.25, 0.3) is 0 Å². The molecule has 8 nitrogen and oxygen atoms in total. The average Bonchev–Trinajstić information content (AvgIpc) is 3.54. The molecule has 0 radical (unpaired) electrons. The molecule has 1 aliphatic heterocycles. The summed E-state index contributed by atoms with van der Waals surface area (Å²) in [4.78, 5) is 51.2. The van der Waals surface area contributed by atoms with Gasteiger partial charge in [-0.2, -0.15) is 0 Å². The fraction of sp³-hybridized carbons (Fsp3) is 0.581. The summed E-state index contributed by atoms with van der Waals surface area (Å²) in [6.07, 6.45) is 12.1. The average molecular weight is 658 g/mol. The van der Waals surface area contributed by atoms with Crippen molar-refractivity contribution < 1.29 is 23.7 Å². The predicted octanol–water partition coefficient (Wildman–Crippen LogP) is 3.75. The van der Waals surface area contributed by atoms with E-state index in [1.54, 1.807) is 15.5 Å². The summed E-state index contributed by atoms with van der Waals surface area (Å²) in [6.45, 7) is 7.98. The van der Waals surface area contributed by atoms with Crippen molar-refractivity contribution in [3.63, 3.8) is 0 Å². The van der Waals surface area contributed by atoms with Gasteiger partial charge in [-0.1, -0.05) is 0 Å². The van der Waals surface area contributed by atoms with Gasteiger partial charge in [0, 0.05) is 12.8 Å². The fourth-order valence-corrected chi connectivity index (χ4v) is 20.3. The Morgan fingerprint density at radius 3 is 2.12 bits per heavy atom. The second kappa shape index (κ2) is 15.5. The third-order valence-corrected chi connectivity index (χ3v) is 22.8. The molecule has 1 saturated heterocycles. The van der Waals surface area contributed by atoms with Gasteiger partial charge in [0.05, 0.1) is 0 Å². The Morgan fingerprint density at radius 1 is 0.950 bits per heavy atom. The van der Waals surface area contributed by atoms with Crippen LogP contribution in [0.15, 0.2) is 43.0 Å².